The van der Waals surface area contributed by atoms with Crippen LogP contribution in [-0.4, -0.2) is 43.6 Å². The van der Waals surface area contributed by atoms with Crippen molar-refractivity contribution in [3.8, 4) is 0 Å². The first-order valence-electron chi connectivity index (χ1n) is 6.63. The van der Waals surface area contributed by atoms with Gasteiger partial charge in [0.05, 0.1) is 5.70 Å². The van der Waals surface area contributed by atoms with Crippen molar-refractivity contribution < 1.29 is 9.47 Å². The fraction of sp³-hybridized carbons (Fsp3) is 0.833. The third kappa shape index (κ3) is 4.81. The molecule has 5 N–H and O–H groups in total. The number of nitrogens with zero attached hydrogens (tertiary/aromatic N) is 1. The van der Waals surface area contributed by atoms with E-state index >= 15 is 0 Å². The number of rotatable bonds is 7. The molecule has 6 nitrogen and oxygen atoms in total. The lowest BCUT2D eigenvalue weighted by atomic mass is 10.1. The van der Waals surface area contributed by atoms with Gasteiger partial charge in [0.1, 0.15) is 0 Å². The van der Waals surface area contributed by atoms with Crippen LogP contribution in [0.5, 0.6) is 0 Å². The second-order valence-electron chi connectivity index (χ2n) is 4.30. The Morgan fingerprint density at radius 2 is 1.89 bits per heavy atom. The molecule has 18 heavy (non-hydrogen) atoms. The van der Waals surface area contributed by atoms with Crippen LogP contribution >= 0.6 is 0 Å². The Morgan fingerprint density at radius 3 is 2.39 bits per heavy atom. The van der Waals surface area contributed by atoms with Crippen molar-refractivity contribution in [3.63, 3.8) is 0 Å². The van der Waals surface area contributed by atoms with Gasteiger partial charge in [-0.15, -0.1) is 0 Å². The van der Waals surface area contributed by atoms with Gasteiger partial charge in [-0.05, 0) is 39.8 Å². The summed E-state index contributed by atoms with van der Waals surface area (Å²) in [6.07, 6.45) is 3.27. The fourth-order valence-electron chi connectivity index (χ4n) is 1.99. The van der Waals surface area contributed by atoms with E-state index in [1.54, 1.807) is 11.2 Å². The summed E-state index contributed by atoms with van der Waals surface area (Å²) in [6.45, 7) is 6.91. The maximum Gasteiger partial charge on any atom is 0.199 e. The number of nitrogens with two attached hydrogens (primary N) is 2. The number of hydrogen-bond acceptors (Lipinski definition) is 6. The number of hydrogen-bond donors (Lipinski definition) is 3. The predicted molar refractivity (Wildman–Crippen MR) is 71.2 cm³/mol. The van der Waals surface area contributed by atoms with Crippen molar-refractivity contribution in [1.82, 2.24) is 10.3 Å². The highest BCUT2D eigenvalue weighted by molar-refractivity contribution is 5.00. The molecule has 6 heteroatoms. The molecule has 0 aliphatic carbocycles. The van der Waals surface area contributed by atoms with E-state index in [0.717, 1.165) is 25.9 Å². The van der Waals surface area contributed by atoms with E-state index < -0.39 is 6.29 Å². The van der Waals surface area contributed by atoms with E-state index in [1.807, 2.05) is 13.8 Å². The molecule has 1 heterocycles. The molecule has 0 bridgehead atoms. The minimum Gasteiger partial charge on any atom is -0.397 e. The molecule has 0 aromatic carbocycles. The molecule has 0 amide bonds. The Hall–Kier alpha value is -0.820. The van der Waals surface area contributed by atoms with E-state index in [9.17, 15) is 0 Å². The second kappa shape index (κ2) is 8.31. The van der Waals surface area contributed by atoms with Crippen LogP contribution in [0.3, 0.4) is 0 Å². The van der Waals surface area contributed by atoms with Crippen LogP contribution < -0.4 is 16.9 Å². The third-order valence-electron chi connectivity index (χ3n) is 2.94. The molecule has 0 atom stereocenters. The molecule has 0 saturated carbocycles. The molecule has 1 aliphatic heterocycles. The summed E-state index contributed by atoms with van der Waals surface area (Å²) in [4.78, 5) is 0. The lowest BCUT2D eigenvalue weighted by Gasteiger charge is -2.31. The molecule has 1 fully saturated rings. The topological polar surface area (TPSA) is 85.8 Å². The Kier molecular flexibility index (Phi) is 7.04. The zero-order valence-corrected chi connectivity index (χ0v) is 11.4. The Bertz CT molecular complexity index is 248. The van der Waals surface area contributed by atoms with Gasteiger partial charge in [0.15, 0.2) is 6.29 Å². The van der Waals surface area contributed by atoms with Crippen LogP contribution in [0.15, 0.2) is 11.9 Å². The first-order chi connectivity index (χ1) is 8.69. The van der Waals surface area contributed by atoms with Gasteiger partial charge in [-0.1, -0.05) is 0 Å². The van der Waals surface area contributed by atoms with E-state index in [2.05, 4.69) is 5.32 Å². The third-order valence-corrected chi connectivity index (χ3v) is 2.94. The smallest absolute Gasteiger partial charge is 0.199 e. The van der Waals surface area contributed by atoms with Gasteiger partial charge in [0.2, 0.25) is 0 Å². The monoisotopic (exact) mass is 258 g/mol. The first-order valence-corrected chi connectivity index (χ1v) is 6.63. The fourth-order valence-corrected chi connectivity index (χ4v) is 1.99. The van der Waals surface area contributed by atoms with Crippen LogP contribution in [0.1, 0.15) is 26.7 Å². The summed E-state index contributed by atoms with van der Waals surface area (Å²) in [6, 6.07) is 0.328. The van der Waals surface area contributed by atoms with E-state index in [0.29, 0.717) is 25.0 Å². The highest BCUT2D eigenvalue weighted by Gasteiger charge is 2.18. The summed E-state index contributed by atoms with van der Waals surface area (Å²) in [7, 11) is 0. The number of piperidine rings is 1. The Morgan fingerprint density at radius 1 is 1.33 bits per heavy atom. The summed E-state index contributed by atoms with van der Waals surface area (Å²) in [5.41, 5.74) is 6.49. The molecule has 106 valence electrons. The molecule has 1 saturated heterocycles. The normalized spacial score (nSPS) is 18.3. The maximum atomic E-state index is 6.02. The minimum atomic E-state index is -0.507. The first kappa shape index (κ1) is 15.2. The molecule has 1 aliphatic rings. The van der Waals surface area contributed by atoms with Crippen LogP contribution in [-0.2, 0) is 9.47 Å². The second-order valence-corrected chi connectivity index (χ2v) is 4.30. The maximum absolute atomic E-state index is 6.02. The molecule has 0 aromatic heterocycles. The highest BCUT2D eigenvalue weighted by Crippen LogP contribution is 2.11. The predicted octanol–water partition coefficient (Wildman–Crippen LogP) is 0.113. The highest BCUT2D eigenvalue weighted by atomic mass is 16.7. The van der Waals surface area contributed by atoms with Crippen molar-refractivity contribution in [2.24, 2.45) is 11.6 Å². The summed E-state index contributed by atoms with van der Waals surface area (Å²) < 4.78 is 10.8. The number of nitrogens with one attached hydrogen (secondary N) is 1. The number of ether oxygens (including phenoxy) is 2. The van der Waals surface area contributed by atoms with Gasteiger partial charge < -0.3 is 25.5 Å². The van der Waals surface area contributed by atoms with Crippen molar-refractivity contribution in [1.29, 1.82) is 0 Å². The van der Waals surface area contributed by atoms with Gasteiger partial charge >= 0.3 is 0 Å². The van der Waals surface area contributed by atoms with Gasteiger partial charge in [0.25, 0.3) is 0 Å². The Balaban J connectivity index is 2.54. The van der Waals surface area contributed by atoms with Crippen molar-refractivity contribution in [3.05, 3.63) is 11.9 Å². The van der Waals surface area contributed by atoms with Crippen LogP contribution in [0.2, 0.25) is 0 Å². The zero-order valence-electron chi connectivity index (χ0n) is 11.4. The lowest BCUT2D eigenvalue weighted by molar-refractivity contribution is -0.112. The summed E-state index contributed by atoms with van der Waals surface area (Å²) >= 11 is 0. The molecule has 0 unspecified atom stereocenters. The average molecular weight is 258 g/mol. The van der Waals surface area contributed by atoms with Crippen molar-refractivity contribution >= 4 is 0 Å². The summed E-state index contributed by atoms with van der Waals surface area (Å²) in [5, 5.41) is 4.98. The van der Waals surface area contributed by atoms with Gasteiger partial charge in [-0.3, -0.25) is 0 Å². The van der Waals surface area contributed by atoms with Crippen molar-refractivity contribution in [2.45, 2.75) is 39.0 Å². The van der Waals surface area contributed by atoms with Crippen LogP contribution in [0.25, 0.3) is 0 Å². The summed E-state index contributed by atoms with van der Waals surface area (Å²) in [5.74, 6) is 6.02. The number of hydrazine groups is 1. The quantitative estimate of drug-likeness (QED) is 0.341. The molecular formula is C12H26N4O2. The average Bonchev–Trinajstić information content (AvgIpc) is 2.39. The molecule has 1 rings (SSSR count). The SMILES string of the molecule is CCOC(OCC)/C(N)=C/N(N)C1CCNCC1. The molecule has 0 spiro atoms. The van der Waals surface area contributed by atoms with Gasteiger partial charge in [0, 0.05) is 25.5 Å². The van der Waals surface area contributed by atoms with Crippen LogP contribution in [0.4, 0.5) is 0 Å². The van der Waals surface area contributed by atoms with Crippen molar-refractivity contribution in [2.75, 3.05) is 26.3 Å². The standard InChI is InChI=1S/C12H26N4O2/c1-3-17-12(18-4-2)11(13)9-16(14)10-5-7-15-8-6-10/h9-10,12,15H,3-8,13-14H2,1-2H3/b11-9-. The lowest BCUT2D eigenvalue weighted by Crippen LogP contribution is -2.45. The van der Waals surface area contributed by atoms with E-state index in [1.165, 1.54) is 0 Å². The minimum absolute atomic E-state index is 0.328. The Labute approximate surface area is 109 Å². The van der Waals surface area contributed by atoms with Gasteiger partial charge in [-0.2, -0.15) is 0 Å². The largest absolute Gasteiger partial charge is 0.397 e. The van der Waals surface area contributed by atoms with Gasteiger partial charge in [-0.25, -0.2) is 5.84 Å². The molecule has 0 radical (unpaired) electrons. The molecule has 0 aromatic rings. The molecular weight excluding hydrogens is 232 g/mol. The van der Waals surface area contributed by atoms with Crippen LogP contribution in [0, 0.1) is 0 Å². The zero-order chi connectivity index (χ0) is 13.4. The van der Waals surface area contributed by atoms with E-state index in [-0.39, 0.29) is 0 Å². The van der Waals surface area contributed by atoms with E-state index in [4.69, 9.17) is 21.1 Å².